The zero-order chi connectivity index (χ0) is 23.0. The monoisotopic (exact) mass is 441 g/mol. The number of aryl methyl sites for hydroxylation is 1. The first-order chi connectivity index (χ1) is 16.1. The lowest BCUT2D eigenvalue weighted by molar-refractivity contribution is -0.121. The summed E-state index contributed by atoms with van der Waals surface area (Å²) in [4.78, 5) is 25.8. The Morgan fingerprint density at radius 3 is 2.36 bits per heavy atom. The summed E-state index contributed by atoms with van der Waals surface area (Å²) in [5.41, 5.74) is 2.97. The highest BCUT2D eigenvalue weighted by molar-refractivity contribution is 5.97. The molecule has 1 aliphatic carbocycles. The molecule has 1 N–H and O–H groups in total. The number of nitrogens with one attached hydrogen (secondary N) is 1. The highest BCUT2D eigenvalue weighted by Gasteiger charge is 2.34. The predicted molar refractivity (Wildman–Crippen MR) is 131 cm³/mol. The van der Waals surface area contributed by atoms with Gasteiger partial charge >= 0.3 is 0 Å². The Hall–Kier alpha value is -3.40. The average molecular weight is 442 g/mol. The van der Waals surface area contributed by atoms with E-state index >= 15 is 0 Å². The van der Waals surface area contributed by atoms with Crippen LogP contribution >= 0.6 is 0 Å². The molecule has 170 valence electrons. The van der Waals surface area contributed by atoms with Crippen molar-refractivity contribution in [3.8, 4) is 5.75 Å². The number of amides is 1. The maximum Gasteiger partial charge on any atom is 0.251 e. The number of Topliss-reactive ketones (excluding diaryl/α,β-unsaturated/α-hetero) is 1. The molecule has 3 aromatic carbocycles. The van der Waals surface area contributed by atoms with Crippen LogP contribution in [-0.4, -0.2) is 24.3 Å². The van der Waals surface area contributed by atoms with Gasteiger partial charge in [0.1, 0.15) is 5.75 Å². The topological polar surface area (TPSA) is 55.4 Å². The standard InChI is InChI=1S/C29H31NO3/c1-21-19-26(21)24-13-8-14-25(20-24)33-18-17-27(30-29(32)23-11-6-3-7-12-23)28(31)16-15-22-9-4-2-5-10-22/h2-14,20-21,26-27H,15-19H2,1H3,(H,30,32)/t21?,26?,27-/m0/s1. The van der Waals surface area contributed by atoms with E-state index in [9.17, 15) is 9.59 Å². The lowest BCUT2D eigenvalue weighted by Crippen LogP contribution is -2.42. The molecule has 2 unspecified atom stereocenters. The highest BCUT2D eigenvalue weighted by Crippen LogP contribution is 2.47. The Bertz CT molecular complexity index is 1060. The van der Waals surface area contributed by atoms with Crippen molar-refractivity contribution in [3.05, 3.63) is 102 Å². The summed E-state index contributed by atoms with van der Waals surface area (Å²) < 4.78 is 5.99. The van der Waals surface area contributed by atoms with Crippen molar-refractivity contribution in [2.45, 2.75) is 44.6 Å². The molecule has 4 heteroatoms. The largest absolute Gasteiger partial charge is 0.493 e. The zero-order valence-electron chi connectivity index (χ0n) is 19.1. The van der Waals surface area contributed by atoms with Gasteiger partial charge < -0.3 is 10.1 Å². The maximum atomic E-state index is 13.0. The van der Waals surface area contributed by atoms with Crippen molar-refractivity contribution in [3.63, 3.8) is 0 Å². The fourth-order valence-electron chi connectivity index (χ4n) is 4.15. The minimum Gasteiger partial charge on any atom is -0.493 e. The van der Waals surface area contributed by atoms with Gasteiger partial charge in [-0.2, -0.15) is 0 Å². The van der Waals surface area contributed by atoms with Crippen LogP contribution in [0.4, 0.5) is 0 Å². The second-order valence-electron chi connectivity index (χ2n) is 8.87. The Morgan fingerprint density at radius 1 is 0.970 bits per heavy atom. The summed E-state index contributed by atoms with van der Waals surface area (Å²) in [6, 6.07) is 26.6. The number of benzene rings is 3. The van der Waals surface area contributed by atoms with Gasteiger partial charge in [0, 0.05) is 18.4 Å². The van der Waals surface area contributed by atoms with Crippen LogP contribution in [0.1, 0.15) is 53.6 Å². The minimum atomic E-state index is -0.590. The van der Waals surface area contributed by atoms with Gasteiger partial charge in [-0.05, 0) is 60.1 Å². The SMILES string of the molecule is CC1CC1c1cccc(OCC[C@H](NC(=O)c2ccccc2)C(=O)CCc2ccccc2)c1. The molecule has 33 heavy (non-hydrogen) atoms. The zero-order valence-corrected chi connectivity index (χ0v) is 19.1. The van der Waals surface area contributed by atoms with Gasteiger partial charge in [0.25, 0.3) is 5.91 Å². The van der Waals surface area contributed by atoms with Crippen LogP contribution in [-0.2, 0) is 11.2 Å². The van der Waals surface area contributed by atoms with Gasteiger partial charge in [0.15, 0.2) is 5.78 Å². The molecule has 4 nitrogen and oxygen atoms in total. The van der Waals surface area contributed by atoms with Crippen molar-refractivity contribution in [2.75, 3.05) is 6.61 Å². The summed E-state index contributed by atoms with van der Waals surface area (Å²) >= 11 is 0. The van der Waals surface area contributed by atoms with Crippen LogP contribution in [0.15, 0.2) is 84.9 Å². The quantitative estimate of drug-likeness (QED) is 0.423. The van der Waals surface area contributed by atoms with Crippen LogP contribution < -0.4 is 10.1 Å². The van der Waals surface area contributed by atoms with E-state index < -0.39 is 6.04 Å². The van der Waals surface area contributed by atoms with Crippen LogP contribution in [0.5, 0.6) is 5.75 Å². The summed E-state index contributed by atoms with van der Waals surface area (Å²) in [6.45, 7) is 2.62. The van der Waals surface area contributed by atoms with E-state index in [1.165, 1.54) is 12.0 Å². The fourth-order valence-corrected chi connectivity index (χ4v) is 4.15. The number of hydrogen-bond donors (Lipinski definition) is 1. The normalized spacial score (nSPS) is 17.7. The van der Waals surface area contributed by atoms with Crippen molar-refractivity contribution in [2.24, 2.45) is 5.92 Å². The van der Waals surface area contributed by atoms with E-state index in [2.05, 4.69) is 24.4 Å². The Balaban J connectivity index is 1.37. The third kappa shape index (κ3) is 6.55. The van der Waals surface area contributed by atoms with Gasteiger partial charge in [-0.15, -0.1) is 0 Å². The van der Waals surface area contributed by atoms with Crippen LogP contribution in [0.3, 0.4) is 0 Å². The molecule has 3 aromatic rings. The molecule has 1 amide bonds. The molecule has 0 saturated heterocycles. The molecule has 1 fully saturated rings. The van der Waals surface area contributed by atoms with Gasteiger partial charge in [0.05, 0.1) is 12.6 Å². The molecule has 0 radical (unpaired) electrons. The Morgan fingerprint density at radius 2 is 1.67 bits per heavy atom. The van der Waals surface area contributed by atoms with Crippen molar-refractivity contribution < 1.29 is 14.3 Å². The molecular formula is C29H31NO3. The van der Waals surface area contributed by atoms with Gasteiger partial charge in [0.2, 0.25) is 0 Å². The van der Waals surface area contributed by atoms with E-state index in [0.717, 1.165) is 17.2 Å². The summed E-state index contributed by atoms with van der Waals surface area (Å²) in [5.74, 6) is 1.97. The average Bonchev–Trinajstić information content (AvgIpc) is 3.59. The molecule has 0 aromatic heterocycles. The van der Waals surface area contributed by atoms with Crippen molar-refractivity contribution >= 4 is 11.7 Å². The molecule has 0 spiro atoms. The second kappa shape index (κ2) is 11.0. The highest BCUT2D eigenvalue weighted by atomic mass is 16.5. The maximum absolute atomic E-state index is 13.0. The molecular weight excluding hydrogens is 410 g/mol. The molecule has 1 aliphatic rings. The smallest absolute Gasteiger partial charge is 0.251 e. The molecule has 1 saturated carbocycles. The van der Waals surface area contributed by atoms with E-state index in [1.807, 2.05) is 60.7 Å². The number of ketones is 1. The number of carbonyl (C=O) groups is 2. The number of hydrogen-bond acceptors (Lipinski definition) is 3. The first kappa shape index (κ1) is 22.8. The van der Waals surface area contributed by atoms with Gasteiger partial charge in [-0.1, -0.05) is 67.6 Å². The first-order valence-corrected chi connectivity index (χ1v) is 11.8. The molecule has 0 heterocycles. The lowest BCUT2D eigenvalue weighted by atomic mass is 10.0. The molecule has 4 rings (SSSR count). The van der Waals surface area contributed by atoms with Crippen LogP contribution in [0, 0.1) is 5.92 Å². The fraction of sp³-hybridized carbons (Fsp3) is 0.310. The first-order valence-electron chi connectivity index (χ1n) is 11.8. The van der Waals surface area contributed by atoms with Gasteiger partial charge in [-0.3, -0.25) is 9.59 Å². The van der Waals surface area contributed by atoms with Crippen molar-refractivity contribution in [1.82, 2.24) is 5.32 Å². The number of rotatable bonds is 11. The molecule has 3 atom stereocenters. The molecule has 0 bridgehead atoms. The van der Waals surface area contributed by atoms with E-state index in [1.54, 1.807) is 12.1 Å². The third-order valence-electron chi connectivity index (χ3n) is 6.30. The second-order valence-corrected chi connectivity index (χ2v) is 8.87. The predicted octanol–water partition coefficient (Wildman–Crippen LogP) is 5.58. The summed E-state index contributed by atoms with van der Waals surface area (Å²) in [5, 5.41) is 2.93. The van der Waals surface area contributed by atoms with E-state index in [-0.39, 0.29) is 11.7 Å². The number of carbonyl (C=O) groups excluding carboxylic acids is 2. The lowest BCUT2D eigenvalue weighted by Gasteiger charge is -2.18. The third-order valence-corrected chi connectivity index (χ3v) is 6.30. The summed E-state index contributed by atoms with van der Waals surface area (Å²) in [6.07, 6.45) is 2.68. The number of ether oxygens (including phenoxy) is 1. The Kier molecular flexibility index (Phi) is 7.56. The van der Waals surface area contributed by atoms with Gasteiger partial charge in [-0.25, -0.2) is 0 Å². The van der Waals surface area contributed by atoms with Crippen molar-refractivity contribution in [1.29, 1.82) is 0 Å². The van der Waals surface area contributed by atoms with Crippen LogP contribution in [0.25, 0.3) is 0 Å². The van der Waals surface area contributed by atoms with E-state index in [4.69, 9.17) is 4.74 Å². The minimum absolute atomic E-state index is 0.0206. The Labute approximate surface area is 196 Å². The summed E-state index contributed by atoms with van der Waals surface area (Å²) in [7, 11) is 0. The van der Waals surface area contributed by atoms with Crippen LogP contribution in [0.2, 0.25) is 0 Å². The molecule has 0 aliphatic heterocycles. The van der Waals surface area contributed by atoms with E-state index in [0.29, 0.717) is 37.4 Å².